The molecule has 0 bridgehead atoms. The third-order valence-corrected chi connectivity index (χ3v) is 3.12. The van der Waals surface area contributed by atoms with E-state index in [2.05, 4.69) is 0 Å². The molecule has 4 nitrogen and oxygen atoms in total. The van der Waals surface area contributed by atoms with Crippen LogP contribution < -0.4 is 10.5 Å². The number of halogens is 1. The van der Waals surface area contributed by atoms with Crippen molar-refractivity contribution in [1.82, 2.24) is 4.90 Å². The van der Waals surface area contributed by atoms with Crippen LogP contribution in [0.3, 0.4) is 0 Å². The zero-order chi connectivity index (χ0) is 15.4. The Kier molecular flexibility index (Phi) is 4.42. The van der Waals surface area contributed by atoms with E-state index in [-0.39, 0.29) is 11.7 Å². The van der Waals surface area contributed by atoms with Crippen LogP contribution in [-0.2, 0) is 6.54 Å². The number of hydrogen-bond donors (Lipinski definition) is 1. The molecule has 0 heterocycles. The van der Waals surface area contributed by atoms with Gasteiger partial charge in [-0.2, -0.15) is 0 Å². The fourth-order valence-corrected chi connectivity index (χ4v) is 2.05. The van der Waals surface area contributed by atoms with E-state index in [0.29, 0.717) is 23.4 Å². The number of ether oxygens (including phenoxy) is 1. The summed E-state index contributed by atoms with van der Waals surface area (Å²) in [6, 6.07) is 11.4. The van der Waals surface area contributed by atoms with Gasteiger partial charge in [-0.05, 0) is 35.9 Å². The van der Waals surface area contributed by atoms with E-state index in [1.54, 1.807) is 43.4 Å². The Bertz CT molecular complexity index is 658. The fraction of sp³-hybridized carbons (Fsp3) is 0.188. The summed E-state index contributed by atoms with van der Waals surface area (Å²) in [7, 11) is 3.07. The lowest BCUT2D eigenvalue weighted by atomic mass is 10.1. The van der Waals surface area contributed by atoms with Gasteiger partial charge in [0.15, 0.2) is 11.6 Å². The minimum absolute atomic E-state index is 0.168. The average Bonchev–Trinajstić information content (AvgIpc) is 2.46. The van der Waals surface area contributed by atoms with Crippen molar-refractivity contribution in [2.75, 3.05) is 19.9 Å². The SMILES string of the molecule is COc1ccc(CN(C)C(=O)c2cccc(N)c2)cc1F. The third kappa shape index (κ3) is 3.51. The first-order valence-electron chi connectivity index (χ1n) is 6.44. The van der Waals surface area contributed by atoms with Gasteiger partial charge in [0, 0.05) is 24.8 Å². The predicted molar refractivity (Wildman–Crippen MR) is 79.6 cm³/mol. The molecule has 0 unspecified atom stereocenters. The summed E-state index contributed by atoms with van der Waals surface area (Å²) in [5.74, 6) is -0.429. The standard InChI is InChI=1S/C16H17FN2O2/c1-19(16(20)12-4-3-5-13(18)9-12)10-11-6-7-15(21-2)14(17)8-11/h3-9H,10,18H2,1-2H3. The number of amides is 1. The van der Waals surface area contributed by atoms with Crippen LogP contribution in [0.15, 0.2) is 42.5 Å². The number of rotatable bonds is 4. The van der Waals surface area contributed by atoms with E-state index in [4.69, 9.17) is 10.5 Å². The monoisotopic (exact) mass is 288 g/mol. The molecule has 5 heteroatoms. The maximum atomic E-state index is 13.6. The molecule has 0 fully saturated rings. The van der Waals surface area contributed by atoms with Crippen molar-refractivity contribution in [2.24, 2.45) is 0 Å². The van der Waals surface area contributed by atoms with Crippen molar-refractivity contribution in [2.45, 2.75) is 6.54 Å². The van der Waals surface area contributed by atoms with Crippen LogP contribution in [-0.4, -0.2) is 25.0 Å². The lowest BCUT2D eigenvalue weighted by Gasteiger charge is -2.18. The lowest BCUT2D eigenvalue weighted by molar-refractivity contribution is 0.0785. The second-order valence-corrected chi connectivity index (χ2v) is 4.76. The molecule has 2 rings (SSSR count). The third-order valence-electron chi connectivity index (χ3n) is 3.12. The van der Waals surface area contributed by atoms with E-state index < -0.39 is 5.82 Å². The van der Waals surface area contributed by atoms with E-state index in [1.807, 2.05) is 0 Å². The van der Waals surface area contributed by atoms with Gasteiger partial charge < -0.3 is 15.4 Å². The highest BCUT2D eigenvalue weighted by molar-refractivity contribution is 5.94. The van der Waals surface area contributed by atoms with Crippen molar-refractivity contribution < 1.29 is 13.9 Å². The zero-order valence-electron chi connectivity index (χ0n) is 12.0. The Labute approximate surface area is 122 Å². The molecule has 21 heavy (non-hydrogen) atoms. The minimum atomic E-state index is -0.445. The number of hydrogen-bond acceptors (Lipinski definition) is 3. The first-order valence-corrected chi connectivity index (χ1v) is 6.44. The number of nitrogens with zero attached hydrogens (tertiary/aromatic N) is 1. The number of carbonyl (C=O) groups is 1. The number of nitrogens with two attached hydrogens (primary N) is 1. The van der Waals surface area contributed by atoms with Crippen LogP contribution in [0.1, 0.15) is 15.9 Å². The van der Waals surface area contributed by atoms with Gasteiger partial charge in [0.1, 0.15) is 0 Å². The molecule has 2 aromatic carbocycles. The molecular formula is C16H17FN2O2. The highest BCUT2D eigenvalue weighted by Crippen LogP contribution is 2.19. The van der Waals surface area contributed by atoms with Gasteiger partial charge in [0.05, 0.1) is 7.11 Å². The van der Waals surface area contributed by atoms with Crippen LogP contribution in [0.2, 0.25) is 0 Å². The fourth-order valence-electron chi connectivity index (χ4n) is 2.05. The highest BCUT2D eigenvalue weighted by atomic mass is 19.1. The maximum absolute atomic E-state index is 13.6. The molecule has 0 aromatic heterocycles. The second-order valence-electron chi connectivity index (χ2n) is 4.76. The Hall–Kier alpha value is -2.56. The summed E-state index contributed by atoms with van der Waals surface area (Å²) in [5, 5.41) is 0. The molecule has 0 saturated carbocycles. The normalized spacial score (nSPS) is 10.2. The van der Waals surface area contributed by atoms with Crippen LogP contribution >= 0.6 is 0 Å². The summed E-state index contributed by atoms with van der Waals surface area (Å²) >= 11 is 0. The highest BCUT2D eigenvalue weighted by Gasteiger charge is 2.13. The van der Waals surface area contributed by atoms with E-state index >= 15 is 0 Å². The molecule has 2 aromatic rings. The maximum Gasteiger partial charge on any atom is 0.253 e. The zero-order valence-corrected chi connectivity index (χ0v) is 12.0. The Morgan fingerprint density at radius 2 is 2.05 bits per heavy atom. The number of carbonyl (C=O) groups excluding carboxylic acids is 1. The molecule has 0 atom stereocenters. The molecule has 0 radical (unpaired) electrons. The van der Waals surface area contributed by atoms with Crippen LogP contribution in [0.5, 0.6) is 5.75 Å². The van der Waals surface area contributed by atoms with Gasteiger partial charge in [0.25, 0.3) is 5.91 Å². The number of anilines is 1. The van der Waals surface area contributed by atoms with Crippen molar-refractivity contribution in [1.29, 1.82) is 0 Å². The molecule has 0 saturated heterocycles. The van der Waals surface area contributed by atoms with Gasteiger partial charge in [-0.1, -0.05) is 12.1 Å². The number of benzene rings is 2. The van der Waals surface area contributed by atoms with Crippen molar-refractivity contribution in [3.05, 3.63) is 59.4 Å². The summed E-state index contributed by atoms with van der Waals surface area (Å²) in [5.41, 5.74) is 7.39. The molecule has 110 valence electrons. The average molecular weight is 288 g/mol. The van der Waals surface area contributed by atoms with Crippen molar-refractivity contribution in [3.8, 4) is 5.75 Å². The topological polar surface area (TPSA) is 55.6 Å². The van der Waals surface area contributed by atoms with Crippen LogP contribution in [0.25, 0.3) is 0 Å². The molecule has 0 aliphatic rings. The van der Waals surface area contributed by atoms with Crippen molar-refractivity contribution >= 4 is 11.6 Å². The first-order chi connectivity index (χ1) is 10.0. The summed E-state index contributed by atoms with van der Waals surface area (Å²) in [6.45, 7) is 0.300. The predicted octanol–water partition coefficient (Wildman–Crippen LogP) is 2.69. The summed E-state index contributed by atoms with van der Waals surface area (Å²) < 4.78 is 18.5. The van der Waals surface area contributed by atoms with Gasteiger partial charge in [0.2, 0.25) is 0 Å². The molecule has 0 spiro atoms. The van der Waals surface area contributed by atoms with Gasteiger partial charge in [-0.25, -0.2) is 4.39 Å². The second kappa shape index (κ2) is 6.26. The molecule has 0 aliphatic heterocycles. The van der Waals surface area contributed by atoms with E-state index in [1.165, 1.54) is 18.1 Å². The van der Waals surface area contributed by atoms with E-state index in [9.17, 15) is 9.18 Å². The van der Waals surface area contributed by atoms with Crippen LogP contribution in [0.4, 0.5) is 10.1 Å². The smallest absolute Gasteiger partial charge is 0.253 e. The van der Waals surface area contributed by atoms with Crippen LogP contribution in [0, 0.1) is 5.82 Å². The number of methoxy groups -OCH3 is 1. The Morgan fingerprint density at radius 1 is 1.29 bits per heavy atom. The summed E-state index contributed by atoms with van der Waals surface area (Å²) in [4.78, 5) is 13.8. The van der Waals surface area contributed by atoms with Gasteiger partial charge in [-0.15, -0.1) is 0 Å². The lowest BCUT2D eigenvalue weighted by Crippen LogP contribution is -2.26. The summed E-state index contributed by atoms with van der Waals surface area (Å²) in [6.07, 6.45) is 0. The quantitative estimate of drug-likeness (QED) is 0.880. The van der Waals surface area contributed by atoms with Crippen molar-refractivity contribution in [3.63, 3.8) is 0 Å². The first kappa shape index (κ1) is 14.8. The molecule has 2 N–H and O–H groups in total. The number of nitrogen functional groups attached to an aromatic ring is 1. The van der Waals surface area contributed by atoms with Gasteiger partial charge in [-0.3, -0.25) is 4.79 Å². The van der Waals surface area contributed by atoms with Gasteiger partial charge >= 0.3 is 0 Å². The largest absolute Gasteiger partial charge is 0.494 e. The Balaban J connectivity index is 2.12. The van der Waals surface area contributed by atoms with E-state index in [0.717, 1.165) is 0 Å². The minimum Gasteiger partial charge on any atom is -0.494 e. The Morgan fingerprint density at radius 3 is 2.67 bits per heavy atom. The molecule has 1 amide bonds. The molecule has 0 aliphatic carbocycles. The molecular weight excluding hydrogens is 271 g/mol.